The number of carbonyl (C=O) groups excluding carboxylic acids is 1. The molecule has 4 heteroatoms. The first-order valence-electron chi connectivity index (χ1n) is 5.83. The molecular weight excluding hydrogens is 238 g/mol. The van der Waals surface area contributed by atoms with Crippen molar-refractivity contribution in [1.82, 2.24) is 0 Å². The third kappa shape index (κ3) is 2.97. The van der Waals surface area contributed by atoms with Gasteiger partial charge in [-0.05, 0) is 23.8 Å². The molecule has 0 radical (unpaired) electrons. The highest BCUT2D eigenvalue weighted by molar-refractivity contribution is 5.93. The molecule has 0 aliphatic rings. The molecule has 19 heavy (non-hydrogen) atoms. The van der Waals surface area contributed by atoms with Crippen LogP contribution in [0.4, 0.5) is 5.69 Å². The van der Waals surface area contributed by atoms with E-state index in [0.717, 1.165) is 5.01 Å². The van der Waals surface area contributed by atoms with Gasteiger partial charge in [-0.3, -0.25) is 4.79 Å². The van der Waals surface area contributed by atoms with Crippen LogP contribution < -0.4 is 10.9 Å². The van der Waals surface area contributed by atoms with Gasteiger partial charge in [-0.25, -0.2) is 10.9 Å². The van der Waals surface area contributed by atoms with Crippen molar-refractivity contribution >= 4 is 11.6 Å². The standard InChI is InChI=1S/C15H13N3O/c16-11-13-7-5-4-6-12(13)10-15(19)18(17)14-8-2-1-3-9-14/h1-9H,10,17H2. The summed E-state index contributed by atoms with van der Waals surface area (Å²) in [6.45, 7) is 0. The summed E-state index contributed by atoms with van der Waals surface area (Å²) in [6.07, 6.45) is 0.106. The minimum absolute atomic E-state index is 0.106. The third-order valence-electron chi connectivity index (χ3n) is 2.78. The zero-order chi connectivity index (χ0) is 13.7. The van der Waals surface area contributed by atoms with E-state index in [1.165, 1.54) is 0 Å². The molecule has 2 aromatic carbocycles. The second-order valence-corrected chi connectivity index (χ2v) is 4.05. The number of hydrazine groups is 1. The lowest BCUT2D eigenvalue weighted by atomic mass is 10.1. The quantitative estimate of drug-likeness (QED) is 0.515. The Morgan fingerprint density at radius 3 is 2.42 bits per heavy atom. The SMILES string of the molecule is N#Cc1ccccc1CC(=O)N(N)c1ccccc1. The Bertz CT molecular complexity index is 617. The van der Waals surface area contributed by atoms with Crippen molar-refractivity contribution in [3.8, 4) is 6.07 Å². The van der Waals surface area contributed by atoms with Gasteiger partial charge in [-0.15, -0.1) is 0 Å². The molecule has 2 aromatic rings. The summed E-state index contributed by atoms with van der Waals surface area (Å²) < 4.78 is 0. The lowest BCUT2D eigenvalue weighted by Crippen LogP contribution is -2.38. The monoisotopic (exact) mass is 251 g/mol. The van der Waals surface area contributed by atoms with E-state index in [2.05, 4.69) is 6.07 Å². The summed E-state index contributed by atoms with van der Waals surface area (Å²) in [7, 11) is 0. The molecule has 0 unspecified atom stereocenters. The maximum Gasteiger partial charge on any atom is 0.245 e. The lowest BCUT2D eigenvalue weighted by molar-refractivity contribution is -0.118. The second kappa shape index (κ2) is 5.80. The molecule has 0 fully saturated rings. The van der Waals surface area contributed by atoms with Crippen molar-refractivity contribution in [2.24, 2.45) is 5.84 Å². The van der Waals surface area contributed by atoms with Crippen molar-refractivity contribution in [1.29, 1.82) is 5.26 Å². The molecule has 0 spiro atoms. The number of nitriles is 1. The van der Waals surface area contributed by atoms with Gasteiger partial charge in [-0.2, -0.15) is 5.26 Å². The molecule has 0 aromatic heterocycles. The van der Waals surface area contributed by atoms with Gasteiger partial charge in [0, 0.05) is 0 Å². The molecule has 2 N–H and O–H groups in total. The summed E-state index contributed by atoms with van der Waals surface area (Å²) in [5, 5.41) is 10.1. The topological polar surface area (TPSA) is 70.1 Å². The van der Waals surface area contributed by atoms with Gasteiger partial charge in [0.2, 0.25) is 5.91 Å². The van der Waals surface area contributed by atoms with Crippen LogP contribution >= 0.6 is 0 Å². The maximum absolute atomic E-state index is 12.1. The molecule has 4 nitrogen and oxygen atoms in total. The minimum Gasteiger partial charge on any atom is -0.273 e. The van der Waals surface area contributed by atoms with E-state index in [-0.39, 0.29) is 12.3 Å². The normalized spacial score (nSPS) is 9.68. The fourth-order valence-electron chi connectivity index (χ4n) is 1.76. The van der Waals surface area contributed by atoms with Crippen molar-refractivity contribution in [2.75, 3.05) is 5.01 Å². The molecule has 0 bridgehead atoms. The van der Waals surface area contributed by atoms with E-state index in [9.17, 15) is 4.79 Å². The number of benzene rings is 2. The van der Waals surface area contributed by atoms with E-state index < -0.39 is 0 Å². The largest absolute Gasteiger partial charge is 0.273 e. The predicted octanol–water partition coefficient (Wildman–Crippen LogP) is 2.01. The number of para-hydroxylation sites is 1. The van der Waals surface area contributed by atoms with E-state index in [1.807, 2.05) is 18.2 Å². The van der Waals surface area contributed by atoms with Crippen LogP contribution in [0.25, 0.3) is 0 Å². The maximum atomic E-state index is 12.1. The van der Waals surface area contributed by atoms with Gasteiger partial charge < -0.3 is 0 Å². The van der Waals surface area contributed by atoms with Crippen LogP contribution in [-0.2, 0) is 11.2 Å². The predicted molar refractivity (Wildman–Crippen MR) is 73.0 cm³/mol. The van der Waals surface area contributed by atoms with E-state index in [4.69, 9.17) is 11.1 Å². The van der Waals surface area contributed by atoms with Gasteiger partial charge in [0.15, 0.2) is 0 Å². The average Bonchev–Trinajstić information content (AvgIpc) is 2.48. The molecule has 94 valence electrons. The van der Waals surface area contributed by atoms with Crippen LogP contribution in [0.5, 0.6) is 0 Å². The Labute approximate surface area is 111 Å². The fourth-order valence-corrected chi connectivity index (χ4v) is 1.76. The van der Waals surface area contributed by atoms with Crippen LogP contribution in [0.2, 0.25) is 0 Å². The summed E-state index contributed by atoms with van der Waals surface area (Å²) >= 11 is 0. The van der Waals surface area contributed by atoms with Crippen LogP contribution in [0.1, 0.15) is 11.1 Å². The molecule has 0 saturated heterocycles. The molecule has 2 rings (SSSR count). The van der Waals surface area contributed by atoms with Gasteiger partial charge in [0.25, 0.3) is 0 Å². The number of nitrogens with two attached hydrogens (primary N) is 1. The van der Waals surface area contributed by atoms with Gasteiger partial charge >= 0.3 is 0 Å². The molecule has 0 atom stereocenters. The van der Waals surface area contributed by atoms with Gasteiger partial charge in [-0.1, -0.05) is 36.4 Å². The number of amides is 1. The summed E-state index contributed by atoms with van der Waals surface area (Å²) in [6, 6.07) is 18.1. The van der Waals surface area contributed by atoms with Crippen LogP contribution in [0.3, 0.4) is 0 Å². The first kappa shape index (κ1) is 12.8. The average molecular weight is 251 g/mol. The smallest absolute Gasteiger partial charge is 0.245 e. The number of anilines is 1. The molecule has 0 saturated carbocycles. The Hall–Kier alpha value is -2.64. The molecule has 0 aliphatic heterocycles. The van der Waals surface area contributed by atoms with Crippen molar-refractivity contribution in [2.45, 2.75) is 6.42 Å². The number of rotatable bonds is 3. The Morgan fingerprint density at radius 2 is 1.74 bits per heavy atom. The number of hydrogen-bond acceptors (Lipinski definition) is 3. The second-order valence-electron chi connectivity index (χ2n) is 4.05. The Kier molecular flexibility index (Phi) is 3.91. The van der Waals surface area contributed by atoms with Crippen molar-refractivity contribution in [3.63, 3.8) is 0 Å². The molecule has 0 aliphatic carbocycles. The molecule has 1 amide bonds. The summed E-state index contributed by atoms with van der Waals surface area (Å²) in [5.74, 6) is 5.52. The Morgan fingerprint density at radius 1 is 1.11 bits per heavy atom. The van der Waals surface area contributed by atoms with E-state index in [0.29, 0.717) is 16.8 Å². The van der Waals surface area contributed by atoms with E-state index in [1.54, 1.807) is 36.4 Å². The summed E-state index contributed by atoms with van der Waals surface area (Å²) in [5.41, 5.74) is 1.81. The van der Waals surface area contributed by atoms with Gasteiger partial charge in [0.1, 0.15) is 0 Å². The number of nitrogens with zero attached hydrogens (tertiary/aromatic N) is 2. The number of carbonyl (C=O) groups is 1. The zero-order valence-electron chi connectivity index (χ0n) is 10.3. The van der Waals surface area contributed by atoms with Gasteiger partial charge in [0.05, 0.1) is 23.7 Å². The van der Waals surface area contributed by atoms with Crippen LogP contribution in [0, 0.1) is 11.3 Å². The Balaban J connectivity index is 2.16. The highest BCUT2D eigenvalue weighted by Crippen LogP contribution is 2.13. The van der Waals surface area contributed by atoms with E-state index >= 15 is 0 Å². The zero-order valence-corrected chi connectivity index (χ0v) is 10.3. The lowest BCUT2D eigenvalue weighted by Gasteiger charge is -2.16. The van der Waals surface area contributed by atoms with Crippen LogP contribution in [-0.4, -0.2) is 5.91 Å². The molecular formula is C15H13N3O. The van der Waals surface area contributed by atoms with Crippen molar-refractivity contribution < 1.29 is 4.79 Å². The highest BCUT2D eigenvalue weighted by Gasteiger charge is 2.13. The fraction of sp³-hybridized carbons (Fsp3) is 0.0667. The van der Waals surface area contributed by atoms with Crippen LogP contribution in [0.15, 0.2) is 54.6 Å². The first-order valence-corrected chi connectivity index (χ1v) is 5.83. The highest BCUT2D eigenvalue weighted by atomic mass is 16.2. The molecule has 0 heterocycles. The number of hydrogen-bond donors (Lipinski definition) is 1. The first-order chi connectivity index (χ1) is 9.22. The van der Waals surface area contributed by atoms with Crippen molar-refractivity contribution in [3.05, 3.63) is 65.7 Å². The summed E-state index contributed by atoms with van der Waals surface area (Å²) in [4.78, 5) is 12.1. The minimum atomic E-state index is -0.256. The third-order valence-corrected chi connectivity index (χ3v) is 2.78.